The highest BCUT2D eigenvalue weighted by molar-refractivity contribution is 9.10. The quantitative estimate of drug-likeness (QED) is 0.843. The summed E-state index contributed by atoms with van der Waals surface area (Å²) >= 11 is 2.97. The molecule has 0 bridgehead atoms. The van der Waals surface area contributed by atoms with Gasteiger partial charge in [-0.3, -0.25) is 19.1 Å². The summed E-state index contributed by atoms with van der Waals surface area (Å²) in [6, 6.07) is 0. The molecule has 16 heavy (non-hydrogen) atoms. The standard InChI is InChI=1S/C9H11BrN2O4/c1-9(2,7(14)15)4-12-3-5(10)6(13)11-8(12)16/h3H,4H2,1-2H3,(H,14,15)(H,11,13,16). The molecule has 0 radical (unpaired) electrons. The molecule has 0 aliphatic carbocycles. The van der Waals surface area contributed by atoms with E-state index in [2.05, 4.69) is 20.9 Å². The van der Waals surface area contributed by atoms with Crippen molar-refractivity contribution in [1.29, 1.82) is 0 Å². The molecule has 1 aromatic rings. The van der Waals surface area contributed by atoms with E-state index >= 15 is 0 Å². The molecule has 0 aliphatic rings. The van der Waals surface area contributed by atoms with Crippen molar-refractivity contribution in [2.75, 3.05) is 0 Å². The first-order chi connectivity index (χ1) is 7.24. The Balaban J connectivity index is 3.17. The molecule has 2 N–H and O–H groups in total. The van der Waals surface area contributed by atoms with E-state index in [1.165, 1.54) is 20.0 Å². The van der Waals surface area contributed by atoms with Gasteiger partial charge in [-0.1, -0.05) is 0 Å². The third-order valence-corrected chi connectivity index (χ3v) is 2.68. The summed E-state index contributed by atoms with van der Waals surface area (Å²) in [5.41, 5.74) is -2.24. The summed E-state index contributed by atoms with van der Waals surface area (Å²) in [5.74, 6) is -1.01. The highest BCUT2D eigenvalue weighted by atomic mass is 79.9. The largest absolute Gasteiger partial charge is 0.481 e. The number of carboxylic acid groups (broad SMARTS) is 1. The van der Waals surface area contributed by atoms with Crippen LogP contribution in [0.3, 0.4) is 0 Å². The van der Waals surface area contributed by atoms with Crippen molar-refractivity contribution in [3.05, 3.63) is 31.5 Å². The maximum Gasteiger partial charge on any atom is 0.328 e. The summed E-state index contributed by atoms with van der Waals surface area (Å²) in [6.07, 6.45) is 1.28. The maximum absolute atomic E-state index is 11.4. The van der Waals surface area contributed by atoms with E-state index in [4.69, 9.17) is 5.11 Å². The van der Waals surface area contributed by atoms with Gasteiger partial charge < -0.3 is 5.11 Å². The van der Waals surface area contributed by atoms with Gasteiger partial charge in [-0.15, -0.1) is 0 Å². The zero-order valence-corrected chi connectivity index (χ0v) is 10.4. The lowest BCUT2D eigenvalue weighted by molar-refractivity contribution is -0.147. The van der Waals surface area contributed by atoms with Gasteiger partial charge >= 0.3 is 11.7 Å². The number of nitrogens with zero attached hydrogens (tertiary/aromatic N) is 1. The molecule has 0 saturated carbocycles. The fourth-order valence-electron chi connectivity index (χ4n) is 1.09. The number of nitrogens with one attached hydrogen (secondary N) is 1. The van der Waals surface area contributed by atoms with E-state index in [0.29, 0.717) is 0 Å². The Morgan fingerprint density at radius 3 is 2.62 bits per heavy atom. The van der Waals surface area contributed by atoms with E-state index in [1.54, 1.807) is 0 Å². The molecule has 0 unspecified atom stereocenters. The number of aromatic amines is 1. The molecule has 1 aromatic heterocycles. The molecule has 0 amide bonds. The first kappa shape index (κ1) is 12.7. The predicted molar refractivity (Wildman–Crippen MR) is 60.4 cm³/mol. The lowest BCUT2D eigenvalue weighted by atomic mass is 9.94. The van der Waals surface area contributed by atoms with Crippen LogP contribution in [0.4, 0.5) is 0 Å². The number of rotatable bonds is 3. The molecule has 1 heterocycles. The number of hydrogen-bond acceptors (Lipinski definition) is 3. The van der Waals surface area contributed by atoms with Crippen LogP contribution in [0.2, 0.25) is 0 Å². The van der Waals surface area contributed by atoms with E-state index < -0.39 is 22.6 Å². The highest BCUT2D eigenvalue weighted by Gasteiger charge is 2.28. The summed E-state index contributed by atoms with van der Waals surface area (Å²) < 4.78 is 1.34. The Labute approximate surface area is 99.1 Å². The van der Waals surface area contributed by atoms with Crippen molar-refractivity contribution in [1.82, 2.24) is 9.55 Å². The van der Waals surface area contributed by atoms with E-state index in [1.807, 2.05) is 0 Å². The Kier molecular flexibility index (Phi) is 3.37. The Morgan fingerprint density at radius 2 is 2.12 bits per heavy atom. The number of halogens is 1. The summed E-state index contributed by atoms with van der Waals surface area (Å²) in [5, 5.41) is 8.92. The van der Waals surface area contributed by atoms with Crippen LogP contribution in [0, 0.1) is 5.41 Å². The van der Waals surface area contributed by atoms with Gasteiger partial charge in [0, 0.05) is 12.7 Å². The fraction of sp³-hybridized carbons (Fsp3) is 0.444. The van der Waals surface area contributed by atoms with Gasteiger partial charge in [-0.05, 0) is 29.8 Å². The number of hydrogen-bond donors (Lipinski definition) is 2. The van der Waals surface area contributed by atoms with Crippen molar-refractivity contribution >= 4 is 21.9 Å². The Morgan fingerprint density at radius 1 is 1.56 bits per heavy atom. The summed E-state index contributed by atoms with van der Waals surface area (Å²) in [6.45, 7) is 2.98. The van der Waals surface area contributed by atoms with Gasteiger partial charge in [-0.2, -0.15) is 0 Å². The first-order valence-corrected chi connectivity index (χ1v) is 5.26. The van der Waals surface area contributed by atoms with E-state index in [0.717, 1.165) is 4.57 Å². The van der Waals surface area contributed by atoms with E-state index in [9.17, 15) is 14.4 Å². The molecule has 6 nitrogen and oxygen atoms in total. The monoisotopic (exact) mass is 290 g/mol. The normalized spacial score (nSPS) is 11.4. The van der Waals surface area contributed by atoms with Crippen molar-refractivity contribution < 1.29 is 9.90 Å². The fourth-order valence-corrected chi connectivity index (χ4v) is 1.44. The van der Waals surface area contributed by atoms with Gasteiger partial charge in [0.1, 0.15) is 0 Å². The Hall–Kier alpha value is -1.37. The van der Waals surface area contributed by atoms with Crippen LogP contribution >= 0.6 is 15.9 Å². The molecule has 0 aromatic carbocycles. The van der Waals surface area contributed by atoms with Crippen molar-refractivity contribution in [3.63, 3.8) is 0 Å². The second-order valence-electron chi connectivity index (χ2n) is 4.05. The predicted octanol–water partition coefficient (Wildman–Crippen LogP) is 0.410. The first-order valence-electron chi connectivity index (χ1n) is 4.47. The summed E-state index contributed by atoms with van der Waals surface area (Å²) in [4.78, 5) is 35.4. The van der Waals surface area contributed by atoms with Crippen molar-refractivity contribution in [2.24, 2.45) is 5.41 Å². The molecule has 7 heteroatoms. The molecular formula is C9H11BrN2O4. The number of carbonyl (C=O) groups is 1. The number of carboxylic acids is 1. The number of H-pyrrole nitrogens is 1. The molecule has 1 rings (SSSR count). The third kappa shape index (κ3) is 2.60. The van der Waals surface area contributed by atoms with Gasteiger partial charge in [0.2, 0.25) is 0 Å². The minimum Gasteiger partial charge on any atom is -0.481 e. The second-order valence-corrected chi connectivity index (χ2v) is 4.91. The molecule has 0 atom stereocenters. The number of aromatic nitrogens is 2. The second kappa shape index (κ2) is 4.25. The van der Waals surface area contributed by atoms with Crippen LogP contribution in [0.15, 0.2) is 20.3 Å². The summed E-state index contributed by atoms with van der Waals surface area (Å²) in [7, 11) is 0. The van der Waals surface area contributed by atoms with Crippen LogP contribution in [0.25, 0.3) is 0 Å². The van der Waals surface area contributed by atoms with Crippen LogP contribution < -0.4 is 11.2 Å². The van der Waals surface area contributed by atoms with Crippen molar-refractivity contribution in [3.8, 4) is 0 Å². The van der Waals surface area contributed by atoms with Gasteiger partial charge in [0.05, 0.1) is 9.89 Å². The van der Waals surface area contributed by atoms with Crippen LogP contribution in [0.5, 0.6) is 0 Å². The van der Waals surface area contributed by atoms with Gasteiger partial charge in [0.15, 0.2) is 0 Å². The smallest absolute Gasteiger partial charge is 0.328 e. The topological polar surface area (TPSA) is 92.2 Å². The van der Waals surface area contributed by atoms with Crippen LogP contribution in [-0.4, -0.2) is 20.6 Å². The minimum atomic E-state index is -1.08. The molecule has 0 saturated heterocycles. The van der Waals surface area contributed by atoms with Crippen molar-refractivity contribution in [2.45, 2.75) is 20.4 Å². The van der Waals surface area contributed by atoms with Gasteiger partial charge in [0.25, 0.3) is 5.56 Å². The Bertz CT molecular complexity index is 529. The lowest BCUT2D eigenvalue weighted by Crippen LogP contribution is -2.37. The molecule has 0 aliphatic heterocycles. The van der Waals surface area contributed by atoms with Gasteiger partial charge in [-0.25, -0.2) is 4.79 Å². The maximum atomic E-state index is 11.4. The molecule has 88 valence electrons. The highest BCUT2D eigenvalue weighted by Crippen LogP contribution is 2.17. The average molecular weight is 291 g/mol. The van der Waals surface area contributed by atoms with E-state index in [-0.39, 0.29) is 11.0 Å². The minimum absolute atomic E-state index is 0.0173. The zero-order valence-electron chi connectivity index (χ0n) is 8.78. The lowest BCUT2D eigenvalue weighted by Gasteiger charge is -2.19. The average Bonchev–Trinajstić information content (AvgIpc) is 2.13. The number of aliphatic carboxylic acids is 1. The molecule has 0 fully saturated rings. The van der Waals surface area contributed by atoms with Crippen LogP contribution in [-0.2, 0) is 11.3 Å². The third-order valence-electron chi connectivity index (χ3n) is 2.11. The zero-order chi connectivity index (χ0) is 12.5. The van der Waals surface area contributed by atoms with Crippen LogP contribution in [0.1, 0.15) is 13.8 Å². The molecular weight excluding hydrogens is 280 g/mol. The molecule has 0 spiro atoms. The SMILES string of the molecule is CC(C)(Cn1cc(Br)c(=O)[nH]c1=O)C(=O)O.